The number of aliphatic hydroxyl groups is 1. The lowest BCUT2D eigenvalue weighted by molar-refractivity contribution is 0.196. The zero-order valence-corrected chi connectivity index (χ0v) is 12.1. The van der Waals surface area contributed by atoms with Crippen LogP contribution in [0.3, 0.4) is 0 Å². The van der Waals surface area contributed by atoms with Crippen LogP contribution >= 0.6 is 0 Å². The van der Waals surface area contributed by atoms with Crippen molar-refractivity contribution in [3.63, 3.8) is 0 Å². The minimum atomic E-state index is 0.274. The molecule has 0 spiro atoms. The van der Waals surface area contributed by atoms with E-state index in [4.69, 9.17) is 5.11 Å². The predicted molar refractivity (Wildman–Crippen MR) is 82.1 cm³/mol. The number of β-amino-alcohol motifs (C(OH)–C–C–N with tert-alkyl or cyclic N) is 1. The van der Waals surface area contributed by atoms with Crippen molar-refractivity contribution in [1.82, 2.24) is 9.80 Å². The summed E-state index contributed by atoms with van der Waals surface area (Å²) in [4.78, 5) is 4.92. The van der Waals surface area contributed by atoms with Crippen molar-refractivity contribution < 1.29 is 5.11 Å². The van der Waals surface area contributed by atoms with E-state index >= 15 is 0 Å². The van der Waals surface area contributed by atoms with Gasteiger partial charge in [0.25, 0.3) is 0 Å². The van der Waals surface area contributed by atoms with Gasteiger partial charge in [-0.1, -0.05) is 18.2 Å². The summed E-state index contributed by atoms with van der Waals surface area (Å²) in [7, 11) is 0. The highest BCUT2D eigenvalue weighted by Gasteiger charge is 2.18. The topological polar surface area (TPSA) is 38.7 Å². The summed E-state index contributed by atoms with van der Waals surface area (Å²) in [5.74, 6) is 0. The second-order valence-corrected chi connectivity index (χ2v) is 5.82. The zero-order valence-electron chi connectivity index (χ0n) is 12.1. The molecule has 2 aliphatic heterocycles. The summed E-state index contributed by atoms with van der Waals surface area (Å²) in [6.45, 7) is 7.66. The lowest BCUT2D eigenvalue weighted by Crippen LogP contribution is -2.32. The third-order valence-electron chi connectivity index (χ3n) is 4.42. The summed E-state index contributed by atoms with van der Waals surface area (Å²) in [5.41, 5.74) is 4.29. The maximum atomic E-state index is 9.05. The lowest BCUT2D eigenvalue weighted by atomic mass is 10.1. The van der Waals surface area contributed by atoms with Crippen LogP contribution in [-0.2, 0) is 13.0 Å². The Morgan fingerprint density at radius 1 is 1.10 bits per heavy atom. The molecule has 110 valence electrons. The fourth-order valence-corrected chi connectivity index (χ4v) is 3.33. The van der Waals surface area contributed by atoms with Crippen LogP contribution < -0.4 is 5.32 Å². The van der Waals surface area contributed by atoms with E-state index < -0.39 is 0 Å². The van der Waals surface area contributed by atoms with Crippen LogP contribution in [0.1, 0.15) is 17.5 Å². The quantitative estimate of drug-likeness (QED) is 0.865. The molecule has 0 bridgehead atoms. The molecule has 0 radical (unpaired) electrons. The number of anilines is 1. The van der Waals surface area contributed by atoms with Crippen molar-refractivity contribution in [2.75, 3.05) is 51.2 Å². The SMILES string of the molecule is OCCN1CCCN(Cc2cccc3c2NCC3)CC1. The average Bonchev–Trinajstić information content (AvgIpc) is 2.83. The Labute approximate surface area is 121 Å². The van der Waals surface area contributed by atoms with Crippen LogP contribution in [0.5, 0.6) is 0 Å². The Morgan fingerprint density at radius 2 is 1.95 bits per heavy atom. The van der Waals surface area contributed by atoms with Crippen molar-refractivity contribution in [3.05, 3.63) is 29.3 Å². The van der Waals surface area contributed by atoms with Gasteiger partial charge in [-0.05, 0) is 37.1 Å². The smallest absolute Gasteiger partial charge is 0.0558 e. The van der Waals surface area contributed by atoms with Crippen LogP contribution in [0.15, 0.2) is 18.2 Å². The minimum absolute atomic E-state index is 0.274. The van der Waals surface area contributed by atoms with Crippen LogP contribution in [0.4, 0.5) is 5.69 Å². The van der Waals surface area contributed by atoms with Gasteiger partial charge in [0.05, 0.1) is 6.61 Å². The number of para-hydroxylation sites is 1. The zero-order chi connectivity index (χ0) is 13.8. The number of nitrogens with one attached hydrogen (secondary N) is 1. The fraction of sp³-hybridized carbons (Fsp3) is 0.625. The summed E-state index contributed by atoms with van der Waals surface area (Å²) >= 11 is 0. The van der Waals surface area contributed by atoms with Crippen LogP contribution in [-0.4, -0.2) is 60.8 Å². The Hall–Kier alpha value is -1.10. The van der Waals surface area contributed by atoms with E-state index in [0.29, 0.717) is 0 Å². The Morgan fingerprint density at radius 3 is 2.85 bits per heavy atom. The summed E-state index contributed by atoms with van der Waals surface area (Å²) in [6, 6.07) is 6.69. The average molecular weight is 275 g/mol. The highest BCUT2D eigenvalue weighted by atomic mass is 16.3. The molecule has 4 nitrogen and oxygen atoms in total. The molecule has 0 unspecified atom stereocenters. The van der Waals surface area contributed by atoms with Crippen LogP contribution in [0.25, 0.3) is 0 Å². The second-order valence-electron chi connectivity index (χ2n) is 5.82. The first-order chi connectivity index (χ1) is 9.86. The first-order valence-electron chi connectivity index (χ1n) is 7.77. The molecule has 2 aliphatic rings. The molecular weight excluding hydrogens is 250 g/mol. The summed E-state index contributed by atoms with van der Waals surface area (Å²) in [5, 5.41) is 12.6. The molecular formula is C16H25N3O. The molecule has 0 saturated carbocycles. The van der Waals surface area contributed by atoms with Crippen LogP contribution in [0.2, 0.25) is 0 Å². The molecule has 0 amide bonds. The van der Waals surface area contributed by atoms with Gasteiger partial charge in [0, 0.05) is 38.4 Å². The largest absolute Gasteiger partial charge is 0.395 e. The van der Waals surface area contributed by atoms with Crippen molar-refractivity contribution in [3.8, 4) is 0 Å². The normalized spacial score (nSPS) is 20.4. The number of hydrogen-bond donors (Lipinski definition) is 2. The maximum Gasteiger partial charge on any atom is 0.0558 e. The predicted octanol–water partition coefficient (Wildman–Crippen LogP) is 1.15. The van der Waals surface area contributed by atoms with E-state index in [1.165, 1.54) is 23.2 Å². The van der Waals surface area contributed by atoms with Crippen molar-refractivity contribution in [2.45, 2.75) is 19.4 Å². The third-order valence-corrected chi connectivity index (χ3v) is 4.42. The molecule has 2 heterocycles. The van der Waals surface area contributed by atoms with E-state index in [2.05, 4.69) is 33.3 Å². The number of hydrogen-bond acceptors (Lipinski definition) is 4. The molecule has 4 heteroatoms. The van der Waals surface area contributed by atoms with Gasteiger partial charge >= 0.3 is 0 Å². The maximum absolute atomic E-state index is 9.05. The van der Waals surface area contributed by atoms with Gasteiger partial charge in [0.1, 0.15) is 0 Å². The Balaban J connectivity index is 1.62. The summed E-state index contributed by atoms with van der Waals surface area (Å²) in [6.07, 6.45) is 2.36. The first-order valence-corrected chi connectivity index (χ1v) is 7.77. The van der Waals surface area contributed by atoms with E-state index in [0.717, 1.165) is 52.2 Å². The van der Waals surface area contributed by atoms with Gasteiger partial charge in [-0.15, -0.1) is 0 Å². The van der Waals surface area contributed by atoms with Gasteiger partial charge in [0.15, 0.2) is 0 Å². The minimum Gasteiger partial charge on any atom is -0.395 e. The number of benzene rings is 1. The lowest BCUT2D eigenvalue weighted by Gasteiger charge is -2.22. The number of nitrogens with zero attached hydrogens (tertiary/aromatic N) is 2. The molecule has 20 heavy (non-hydrogen) atoms. The van der Waals surface area contributed by atoms with E-state index in [1.807, 2.05) is 0 Å². The third kappa shape index (κ3) is 3.14. The number of fused-ring (bicyclic) bond motifs is 1. The highest BCUT2D eigenvalue weighted by molar-refractivity contribution is 5.61. The van der Waals surface area contributed by atoms with Crippen molar-refractivity contribution in [2.24, 2.45) is 0 Å². The second kappa shape index (κ2) is 6.57. The Kier molecular flexibility index (Phi) is 4.55. The monoisotopic (exact) mass is 275 g/mol. The first kappa shape index (κ1) is 13.9. The molecule has 1 aromatic rings. The van der Waals surface area contributed by atoms with Gasteiger partial charge in [0.2, 0.25) is 0 Å². The molecule has 1 saturated heterocycles. The molecule has 1 fully saturated rings. The standard InChI is InChI=1S/C16H25N3O/c20-12-11-18-7-2-8-19(10-9-18)13-15-4-1-3-14-5-6-17-16(14)15/h1,3-4,17,20H,2,5-13H2. The van der Waals surface area contributed by atoms with Gasteiger partial charge in [-0.25, -0.2) is 0 Å². The highest BCUT2D eigenvalue weighted by Crippen LogP contribution is 2.27. The summed E-state index contributed by atoms with van der Waals surface area (Å²) < 4.78 is 0. The molecule has 0 aliphatic carbocycles. The fourth-order valence-electron chi connectivity index (χ4n) is 3.33. The van der Waals surface area contributed by atoms with E-state index in [9.17, 15) is 0 Å². The van der Waals surface area contributed by atoms with Gasteiger partial charge < -0.3 is 10.4 Å². The van der Waals surface area contributed by atoms with Gasteiger partial charge in [-0.3, -0.25) is 9.80 Å². The number of aliphatic hydroxyl groups excluding tert-OH is 1. The van der Waals surface area contributed by atoms with Crippen molar-refractivity contribution in [1.29, 1.82) is 0 Å². The number of rotatable bonds is 4. The Bertz CT molecular complexity index is 449. The molecule has 3 rings (SSSR count). The van der Waals surface area contributed by atoms with E-state index in [1.54, 1.807) is 0 Å². The molecule has 1 aromatic carbocycles. The van der Waals surface area contributed by atoms with Gasteiger partial charge in [-0.2, -0.15) is 0 Å². The molecule has 0 atom stereocenters. The molecule has 2 N–H and O–H groups in total. The van der Waals surface area contributed by atoms with Crippen LogP contribution in [0, 0.1) is 0 Å². The van der Waals surface area contributed by atoms with Crippen molar-refractivity contribution >= 4 is 5.69 Å². The van der Waals surface area contributed by atoms with E-state index in [-0.39, 0.29) is 6.61 Å². The molecule has 0 aromatic heterocycles.